The van der Waals surface area contributed by atoms with Gasteiger partial charge in [-0.2, -0.15) is 5.10 Å². The fraction of sp³-hybridized carbons (Fsp3) is 0.158. The molecule has 2 aromatic heterocycles. The van der Waals surface area contributed by atoms with Crippen LogP contribution < -0.4 is 5.32 Å². The molecule has 1 aromatic carbocycles. The lowest BCUT2D eigenvalue weighted by Gasteiger charge is -2.09. The van der Waals surface area contributed by atoms with E-state index >= 15 is 0 Å². The molecule has 0 spiro atoms. The summed E-state index contributed by atoms with van der Waals surface area (Å²) in [7, 11) is 0. The number of aromatic nitrogens is 3. The van der Waals surface area contributed by atoms with Crippen LogP contribution in [-0.2, 0) is 16.0 Å². The molecule has 0 saturated heterocycles. The smallest absolute Gasteiger partial charge is 0.342 e. The molecule has 138 valence electrons. The number of carbonyl (C=O) groups is 2. The maximum atomic E-state index is 12.4. The van der Waals surface area contributed by atoms with Crippen molar-refractivity contribution >= 4 is 29.2 Å². The van der Waals surface area contributed by atoms with Gasteiger partial charge in [-0.15, -0.1) is 0 Å². The van der Waals surface area contributed by atoms with Crippen LogP contribution >= 0.6 is 11.6 Å². The van der Waals surface area contributed by atoms with Gasteiger partial charge in [0, 0.05) is 6.20 Å². The molecule has 3 aromatic rings. The van der Waals surface area contributed by atoms with E-state index in [4.69, 9.17) is 16.3 Å². The number of hydrogen-bond donors (Lipinski definition) is 1. The minimum Gasteiger partial charge on any atom is -0.452 e. The van der Waals surface area contributed by atoms with Gasteiger partial charge < -0.3 is 10.1 Å². The Bertz CT molecular complexity index is 957. The van der Waals surface area contributed by atoms with Crippen LogP contribution in [0.4, 0.5) is 5.69 Å². The van der Waals surface area contributed by atoms with Gasteiger partial charge in [-0.05, 0) is 30.7 Å². The van der Waals surface area contributed by atoms with Crippen LogP contribution in [0.25, 0.3) is 5.82 Å². The van der Waals surface area contributed by atoms with Gasteiger partial charge in [0.1, 0.15) is 5.56 Å². The molecular formula is C19H17ClN4O3. The van der Waals surface area contributed by atoms with Crippen LogP contribution in [0.2, 0.25) is 5.02 Å². The van der Waals surface area contributed by atoms with E-state index in [1.807, 2.05) is 13.0 Å². The fourth-order valence-corrected chi connectivity index (χ4v) is 2.70. The second-order valence-electron chi connectivity index (χ2n) is 5.56. The Kier molecular flexibility index (Phi) is 5.83. The second kappa shape index (κ2) is 8.46. The molecule has 1 N–H and O–H groups in total. The van der Waals surface area contributed by atoms with Gasteiger partial charge in [-0.3, -0.25) is 4.79 Å². The van der Waals surface area contributed by atoms with Crippen LogP contribution in [-0.4, -0.2) is 33.2 Å². The molecule has 1 amide bonds. The van der Waals surface area contributed by atoms with Crippen molar-refractivity contribution in [3.05, 3.63) is 71.1 Å². The number of rotatable bonds is 6. The number of anilines is 1. The Labute approximate surface area is 160 Å². The van der Waals surface area contributed by atoms with E-state index in [0.29, 0.717) is 34.2 Å². The SMILES string of the molecule is CCc1c(C(=O)OCC(=O)Nc2ccccc2Cl)cnn1-c1ccccn1. The summed E-state index contributed by atoms with van der Waals surface area (Å²) in [6, 6.07) is 12.2. The molecule has 0 atom stereocenters. The van der Waals surface area contributed by atoms with E-state index in [0.717, 1.165) is 0 Å². The third-order valence-electron chi connectivity index (χ3n) is 3.77. The number of benzene rings is 1. The first-order valence-electron chi connectivity index (χ1n) is 8.30. The number of ether oxygens (including phenoxy) is 1. The van der Waals surface area contributed by atoms with E-state index in [9.17, 15) is 9.59 Å². The third-order valence-corrected chi connectivity index (χ3v) is 4.10. The van der Waals surface area contributed by atoms with E-state index < -0.39 is 18.5 Å². The molecule has 2 heterocycles. The first kappa shape index (κ1) is 18.6. The highest BCUT2D eigenvalue weighted by Gasteiger charge is 2.20. The van der Waals surface area contributed by atoms with Crippen molar-refractivity contribution in [2.45, 2.75) is 13.3 Å². The van der Waals surface area contributed by atoms with Gasteiger partial charge in [0.25, 0.3) is 5.91 Å². The van der Waals surface area contributed by atoms with Gasteiger partial charge in [0.05, 0.1) is 22.6 Å². The average Bonchev–Trinajstić information content (AvgIpc) is 3.13. The summed E-state index contributed by atoms with van der Waals surface area (Å²) in [5.74, 6) is -0.500. The summed E-state index contributed by atoms with van der Waals surface area (Å²) in [5.41, 5.74) is 1.41. The van der Waals surface area contributed by atoms with Crippen molar-refractivity contribution < 1.29 is 14.3 Å². The number of nitrogens with zero attached hydrogens (tertiary/aromatic N) is 3. The summed E-state index contributed by atoms with van der Waals surface area (Å²) in [6.45, 7) is 1.47. The molecule has 3 rings (SSSR count). The predicted molar refractivity (Wildman–Crippen MR) is 101 cm³/mol. The van der Waals surface area contributed by atoms with Crippen molar-refractivity contribution in [3.8, 4) is 5.82 Å². The second-order valence-corrected chi connectivity index (χ2v) is 5.97. The summed E-state index contributed by atoms with van der Waals surface area (Å²) < 4.78 is 6.71. The summed E-state index contributed by atoms with van der Waals surface area (Å²) in [5, 5.41) is 7.22. The topological polar surface area (TPSA) is 86.1 Å². The normalized spacial score (nSPS) is 10.4. The molecular weight excluding hydrogens is 368 g/mol. The zero-order valence-electron chi connectivity index (χ0n) is 14.6. The molecule has 0 bridgehead atoms. The van der Waals surface area contributed by atoms with E-state index in [2.05, 4.69) is 15.4 Å². The maximum absolute atomic E-state index is 12.4. The minimum atomic E-state index is -0.622. The zero-order chi connectivity index (χ0) is 19.2. The number of halogens is 1. The van der Waals surface area contributed by atoms with Crippen LogP contribution in [0.1, 0.15) is 23.0 Å². The van der Waals surface area contributed by atoms with E-state index in [1.54, 1.807) is 47.3 Å². The highest BCUT2D eigenvalue weighted by atomic mass is 35.5. The number of carbonyl (C=O) groups excluding carboxylic acids is 2. The molecule has 0 saturated carbocycles. The number of nitrogens with one attached hydrogen (secondary N) is 1. The molecule has 0 unspecified atom stereocenters. The lowest BCUT2D eigenvalue weighted by molar-refractivity contribution is -0.119. The van der Waals surface area contributed by atoms with Gasteiger partial charge in [0.2, 0.25) is 0 Å². The van der Waals surface area contributed by atoms with Gasteiger partial charge in [-0.25, -0.2) is 14.5 Å². The van der Waals surface area contributed by atoms with Crippen LogP contribution in [0.5, 0.6) is 0 Å². The first-order valence-corrected chi connectivity index (χ1v) is 8.67. The van der Waals surface area contributed by atoms with Crippen molar-refractivity contribution in [2.75, 3.05) is 11.9 Å². The largest absolute Gasteiger partial charge is 0.452 e. The number of amides is 1. The van der Waals surface area contributed by atoms with Crippen LogP contribution in [0, 0.1) is 0 Å². The number of pyridine rings is 1. The maximum Gasteiger partial charge on any atom is 0.342 e. The molecule has 27 heavy (non-hydrogen) atoms. The Morgan fingerprint density at radius 1 is 1.19 bits per heavy atom. The van der Waals surface area contributed by atoms with E-state index in [1.165, 1.54) is 6.20 Å². The molecule has 0 aliphatic rings. The van der Waals surface area contributed by atoms with Crippen LogP contribution in [0.3, 0.4) is 0 Å². The molecule has 0 fully saturated rings. The molecule has 8 heteroatoms. The lowest BCUT2D eigenvalue weighted by atomic mass is 10.2. The fourth-order valence-electron chi connectivity index (χ4n) is 2.52. The van der Waals surface area contributed by atoms with Gasteiger partial charge in [-0.1, -0.05) is 36.7 Å². The molecule has 7 nitrogen and oxygen atoms in total. The highest BCUT2D eigenvalue weighted by molar-refractivity contribution is 6.33. The minimum absolute atomic E-state index is 0.300. The quantitative estimate of drug-likeness (QED) is 0.659. The van der Waals surface area contributed by atoms with Crippen molar-refractivity contribution in [3.63, 3.8) is 0 Å². The Morgan fingerprint density at radius 2 is 1.96 bits per heavy atom. The average molecular weight is 385 g/mol. The predicted octanol–water partition coefficient (Wildman–Crippen LogP) is 3.28. The van der Waals surface area contributed by atoms with Gasteiger partial charge in [0.15, 0.2) is 12.4 Å². The third kappa shape index (κ3) is 4.32. The highest BCUT2D eigenvalue weighted by Crippen LogP contribution is 2.20. The van der Waals surface area contributed by atoms with Crippen molar-refractivity contribution in [1.82, 2.24) is 14.8 Å². The summed E-state index contributed by atoms with van der Waals surface area (Å²) >= 11 is 5.99. The number of hydrogen-bond acceptors (Lipinski definition) is 5. The van der Waals surface area contributed by atoms with Crippen LogP contribution in [0.15, 0.2) is 54.9 Å². The summed E-state index contributed by atoms with van der Waals surface area (Å²) in [4.78, 5) is 28.6. The Balaban J connectivity index is 1.67. The molecule has 0 aliphatic carbocycles. The molecule has 0 aliphatic heterocycles. The van der Waals surface area contributed by atoms with Gasteiger partial charge >= 0.3 is 5.97 Å². The zero-order valence-corrected chi connectivity index (χ0v) is 15.3. The molecule has 0 radical (unpaired) electrons. The monoisotopic (exact) mass is 384 g/mol. The Hall–Kier alpha value is -3.19. The Morgan fingerprint density at radius 3 is 2.67 bits per heavy atom. The van der Waals surface area contributed by atoms with E-state index in [-0.39, 0.29) is 0 Å². The first-order chi connectivity index (χ1) is 13.1. The van der Waals surface area contributed by atoms with Crippen molar-refractivity contribution in [1.29, 1.82) is 0 Å². The number of para-hydroxylation sites is 1. The lowest BCUT2D eigenvalue weighted by Crippen LogP contribution is -2.21. The number of esters is 1. The summed E-state index contributed by atoms with van der Waals surface area (Å²) in [6.07, 6.45) is 3.61. The standard InChI is InChI=1S/C19H17ClN4O3/c1-2-16-13(11-22-24(16)17-9-5-6-10-21-17)19(26)27-12-18(25)23-15-8-4-3-7-14(15)20/h3-11H,2,12H2,1H3,(H,23,25). The van der Waals surface area contributed by atoms with Crippen molar-refractivity contribution in [2.24, 2.45) is 0 Å².